The highest BCUT2D eigenvalue weighted by atomic mass is 16.5. The lowest BCUT2D eigenvalue weighted by molar-refractivity contribution is -0.116. The van der Waals surface area contributed by atoms with Crippen LogP contribution >= 0.6 is 0 Å². The minimum absolute atomic E-state index is 0.0468. The lowest BCUT2D eigenvalue weighted by atomic mass is 9.90. The van der Waals surface area contributed by atoms with Crippen molar-refractivity contribution in [3.63, 3.8) is 0 Å². The Morgan fingerprint density at radius 2 is 1.96 bits per heavy atom. The maximum atomic E-state index is 12.0. The van der Waals surface area contributed by atoms with E-state index in [4.69, 9.17) is 10.00 Å². The molecule has 0 unspecified atom stereocenters. The van der Waals surface area contributed by atoms with E-state index in [0.717, 1.165) is 18.4 Å². The molecule has 1 aromatic carbocycles. The van der Waals surface area contributed by atoms with Crippen LogP contribution in [0.3, 0.4) is 0 Å². The van der Waals surface area contributed by atoms with Crippen LogP contribution < -0.4 is 10.1 Å². The first kappa shape index (κ1) is 19.4. The van der Waals surface area contributed by atoms with Crippen molar-refractivity contribution in [2.24, 2.45) is 5.41 Å². The minimum atomic E-state index is -0.0468. The van der Waals surface area contributed by atoms with Crippen LogP contribution in [0.2, 0.25) is 0 Å². The third kappa shape index (κ3) is 6.17. The van der Waals surface area contributed by atoms with Crippen LogP contribution in [0.15, 0.2) is 30.6 Å². The van der Waals surface area contributed by atoms with E-state index >= 15 is 0 Å². The Kier molecular flexibility index (Phi) is 6.29. The van der Waals surface area contributed by atoms with Gasteiger partial charge in [0.1, 0.15) is 5.75 Å². The summed E-state index contributed by atoms with van der Waals surface area (Å²) in [6.07, 6.45) is 5.34. The molecule has 6 nitrogen and oxygen atoms in total. The summed E-state index contributed by atoms with van der Waals surface area (Å²) >= 11 is 0. The van der Waals surface area contributed by atoms with E-state index in [1.54, 1.807) is 18.2 Å². The van der Waals surface area contributed by atoms with Gasteiger partial charge in [0.05, 0.1) is 29.7 Å². The van der Waals surface area contributed by atoms with Crippen molar-refractivity contribution in [1.82, 2.24) is 9.97 Å². The average Bonchev–Trinajstić information content (AvgIpc) is 2.57. The van der Waals surface area contributed by atoms with Crippen LogP contribution in [0, 0.1) is 23.7 Å². The molecule has 0 bridgehead atoms. The van der Waals surface area contributed by atoms with E-state index in [1.807, 2.05) is 6.92 Å². The fourth-order valence-electron chi connectivity index (χ4n) is 2.37. The number of carbonyl (C=O) groups is 1. The van der Waals surface area contributed by atoms with Gasteiger partial charge in [0.15, 0.2) is 0 Å². The van der Waals surface area contributed by atoms with E-state index < -0.39 is 0 Å². The molecule has 0 radical (unpaired) electrons. The monoisotopic (exact) mass is 352 g/mol. The number of ether oxygens (including phenoxy) is 1. The Hall–Kier alpha value is -2.94. The summed E-state index contributed by atoms with van der Waals surface area (Å²) < 4.78 is 5.63. The predicted molar refractivity (Wildman–Crippen MR) is 99.9 cm³/mol. The number of anilines is 1. The van der Waals surface area contributed by atoms with Gasteiger partial charge in [0, 0.05) is 6.42 Å². The van der Waals surface area contributed by atoms with Gasteiger partial charge in [-0.25, -0.2) is 9.97 Å². The number of carbonyl (C=O) groups excluding carboxylic acids is 1. The fraction of sp³-hybridized carbons (Fsp3) is 0.400. The zero-order valence-corrected chi connectivity index (χ0v) is 15.7. The van der Waals surface area contributed by atoms with E-state index in [9.17, 15) is 4.79 Å². The number of hydrogen-bond acceptors (Lipinski definition) is 5. The molecule has 0 spiro atoms. The van der Waals surface area contributed by atoms with Crippen LogP contribution in [-0.4, -0.2) is 15.9 Å². The van der Waals surface area contributed by atoms with E-state index in [2.05, 4.69) is 42.1 Å². The first-order chi connectivity index (χ1) is 12.3. The number of rotatable bonds is 6. The number of aromatic nitrogens is 2. The second-order valence-electron chi connectivity index (χ2n) is 7.41. The van der Waals surface area contributed by atoms with Gasteiger partial charge in [0.25, 0.3) is 0 Å². The van der Waals surface area contributed by atoms with Gasteiger partial charge in [-0.15, -0.1) is 0 Å². The average molecular weight is 352 g/mol. The molecular formula is C20H24N4O2. The predicted octanol–water partition coefficient (Wildman–Crippen LogP) is 4.60. The van der Waals surface area contributed by atoms with Gasteiger partial charge < -0.3 is 10.1 Å². The molecule has 2 rings (SSSR count). The second kappa shape index (κ2) is 8.43. The summed E-state index contributed by atoms with van der Waals surface area (Å²) in [5.41, 5.74) is 2.16. The van der Waals surface area contributed by atoms with Crippen molar-refractivity contribution in [2.75, 3.05) is 5.32 Å². The molecule has 136 valence electrons. The molecule has 0 saturated carbocycles. The molecule has 0 fully saturated rings. The van der Waals surface area contributed by atoms with Crippen molar-refractivity contribution in [1.29, 1.82) is 5.26 Å². The Balaban J connectivity index is 1.90. The summed E-state index contributed by atoms with van der Waals surface area (Å²) in [5.74, 6) is 0.539. The van der Waals surface area contributed by atoms with Gasteiger partial charge in [-0.05, 0) is 48.9 Å². The van der Waals surface area contributed by atoms with Gasteiger partial charge in [0.2, 0.25) is 5.91 Å². The van der Waals surface area contributed by atoms with Gasteiger partial charge >= 0.3 is 6.01 Å². The first-order valence-corrected chi connectivity index (χ1v) is 8.57. The number of nitriles is 1. The van der Waals surface area contributed by atoms with E-state index in [-0.39, 0.29) is 17.3 Å². The van der Waals surface area contributed by atoms with Crippen molar-refractivity contribution < 1.29 is 9.53 Å². The fourth-order valence-corrected chi connectivity index (χ4v) is 2.37. The molecule has 1 N–H and O–H groups in total. The molecule has 0 saturated heterocycles. The zero-order valence-electron chi connectivity index (χ0n) is 15.7. The van der Waals surface area contributed by atoms with Crippen molar-refractivity contribution in [3.8, 4) is 17.8 Å². The van der Waals surface area contributed by atoms with Crippen LogP contribution in [0.1, 0.15) is 51.2 Å². The summed E-state index contributed by atoms with van der Waals surface area (Å²) in [6.45, 7) is 8.33. The lowest BCUT2D eigenvalue weighted by Gasteiger charge is -2.17. The molecular weight excluding hydrogens is 328 g/mol. The van der Waals surface area contributed by atoms with E-state index in [1.165, 1.54) is 12.4 Å². The molecule has 26 heavy (non-hydrogen) atoms. The molecule has 0 aliphatic carbocycles. The smallest absolute Gasteiger partial charge is 0.322 e. The molecule has 1 amide bonds. The minimum Gasteiger partial charge on any atom is -0.424 e. The third-order valence-corrected chi connectivity index (χ3v) is 3.75. The largest absolute Gasteiger partial charge is 0.424 e. The molecule has 2 aromatic rings. The van der Waals surface area contributed by atoms with Gasteiger partial charge in [-0.2, -0.15) is 5.26 Å². The first-order valence-electron chi connectivity index (χ1n) is 8.57. The summed E-state index contributed by atoms with van der Waals surface area (Å²) in [6, 6.07) is 7.39. The van der Waals surface area contributed by atoms with Gasteiger partial charge in [-0.1, -0.05) is 20.8 Å². The Morgan fingerprint density at radius 3 is 2.54 bits per heavy atom. The second-order valence-corrected chi connectivity index (χ2v) is 7.41. The molecule has 6 heteroatoms. The maximum absolute atomic E-state index is 12.0. The van der Waals surface area contributed by atoms with Crippen LogP contribution in [0.25, 0.3) is 0 Å². The Labute approximate surface area is 154 Å². The molecule has 0 aliphatic heterocycles. The molecule has 0 atom stereocenters. The normalized spacial score (nSPS) is 10.9. The number of amides is 1. The highest BCUT2D eigenvalue weighted by Crippen LogP contribution is 2.24. The molecule has 1 aromatic heterocycles. The van der Waals surface area contributed by atoms with Crippen molar-refractivity contribution in [2.45, 2.75) is 47.0 Å². The number of aryl methyl sites for hydroxylation is 1. The van der Waals surface area contributed by atoms with Crippen LogP contribution in [-0.2, 0) is 4.79 Å². The number of benzene rings is 1. The van der Waals surface area contributed by atoms with Crippen molar-refractivity contribution in [3.05, 3.63) is 41.7 Å². The van der Waals surface area contributed by atoms with Crippen LogP contribution in [0.4, 0.5) is 5.69 Å². The quantitative estimate of drug-likeness (QED) is 0.820. The van der Waals surface area contributed by atoms with Crippen LogP contribution in [0.5, 0.6) is 11.8 Å². The standard InChI is InChI=1S/C20H24N4O2/c1-14-10-15(11-21)7-8-17(14)26-19-22-12-16(13-23-19)24-18(25)6-5-9-20(2,3)4/h7-8,10,12-13H,5-6,9H2,1-4H3,(H,24,25). The number of nitrogens with zero attached hydrogens (tertiary/aromatic N) is 3. The Morgan fingerprint density at radius 1 is 1.27 bits per heavy atom. The topological polar surface area (TPSA) is 87.9 Å². The van der Waals surface area contributed by atoms with E-state index in [0.29, 0.717) is 23.4 Å². The highest BCUT2D eigenvalue weighted by Gasteiger charge is 2.11. The highest BCUT2D eigenvalue weighted by molar-refractivity contribution is 5.90. The number of nitrogens with one attached hydrogen (secondary N) is 1. The summed E-state index contributed by atoms with van der Waals surface area (Å²) in [5, 5.41) is 11.7. The zero-order chi connectivity index (χ0) is 19.2. The Bertz CT molecular complexity index is 802. The number of hydrogen-bond donors (Lipinski definition) is 1. The molecule has 1 heterocycles. The van der Waals surface area contributed by atoms with Crippen molar-refractivity contribution >= 4 is 11.6 Å². The lowest BCUT2D eigenvalue weighted by Crippen LogP contribution is -2.13. The molecule has 0 aliphatic rings. The third-order valence-electron chi connectivity index (χ3n) is 3.75. The maximum Gasteiger partial charge on any atom is 0.322 e. The van der Waals surface area contributed by atoms with Gasteiger partial charge in [-0.3, -0.25) is 4.79 Å². The summed E-state index contributed by atoms with van der Waals surface area (Å²) in [7, 11) is 0. The SMILES string of the molecule is Cc1cc(C#N)ccc1Oc1ncc(NC(=O)CCCC(C)(C)C)cn1. The summed E-state index contributed by atoms with van der Waals surface area (Å²) in [4.78, 5) is 20.2.